The van der Waals surface area contributed by atoms with E-state index in [9.17, 15) is 0 Å². The van der Waals surface area contributed by atoms with Crippen LogP contribution in [0.5, 0.6) is 0 Å². The lowest BCUT2D eigenvalue weighted by Gasteiger charge is -2.07. The average molecular weight is 155 g/mol. The summed E-state index contributed by atoms with van der Waals surface area (Å²) >= 11 is 0. The van der Waals surface area contributed by atoms with Gasteiger partial charge in [-0.2, -0.15) is 0 Å². The Morgan fingerprint density at radius 3 is 3.00 bits per heavy atom. The molecule has 1 unspecified atom stereocenters. The number of hydrogen-bond donors (Lipinski definition) is 2. The van der Waals surface area contributed by atoms with E-state index in [0.29, 0.717) is 0 Å². The van der Waals surface area contributed by atoms with Crippen molar-refractivity contribution in [3.63, 3.8) is 0 Å². The SMILES string of the molecule is CC(N)CNc1cnnn1C. The fourth-order valence-corrected chi connectivity index (χ4v) is 0.715. The molecule has 0 aliphatic carbocycles. The van der Waals surface area contributed by atoms with Crippen molar-refractivity contribution in [1.29, 1.82) is 0 Å². The highest BCUT2D eigenvalue weighted by molar-refractivity contribution is 5.30. The topological polar surface area (TPSA) is 68.8 Å². The second-order valence-electron chi connectivity index (χ2n) is 2.60. The summed E-state index contributed by atoms with van der Waals surface area (Å²) in [6.45, 7) is 2.68. The highest BCUT2D eigenvalue weighted by Crippen LogP contribution is 1.99. The molecule has 1 aromatic rings. The van der Waals surface area contributed by atoms with Crippen LogP contribution in [0.3, 0.4) is 0 Å². The maximum Gasteiger partial charge on any atom is 0.144 e. The third-order valence-corrected chi connectivity index (χ3v) is 1.32. The summed E-state index contributed by atoms with van der Waals surface area (Å²) < 4.78 is 1.67. The van der Waals surface area contributed by atoms with Crippen molar-refractivity contribution in [2.75, 3.05) is 11.9 Å². The lowest BCUT2D eigenvalue weighted by molar-refractivity contribution is 0.707. The Hall–Kier alpha value is -1.10. The van der Waals surface area contributed by atoms with Crippen LogP contribution in [0.1, 0.15) is 6.92 Å². The molecule has 0 amide bonds. The first kappa shape index (κ1) is 8.00. The summed E-state index contributed by atoms with van der Waals surface area (Å²) in [5.41, 5.74) is 5.55. The maximum atomic E-state index is 5.55. The number of anilines is 1. The Labute approximate surface area is 65.6 Å². The number of hydrogen-bond acceptors (Lipinski definition) is 4. The molecule has 0 fully saturated rings. The van der Waals surface area contributed by atoms with E-state index in [0.717, 1.165) is 12.4 Å². The predicted molar refractivity (Wildman–Crippen MR) is 43.1 cm³/mol. The van der Waals surface area contributed by atoms with Gasteiger partial charge in [0.15, 0.2) is 0 Å². The van der Waals surface area contributed by atoms with Gasteiger partial charge >= 0.3 is 0 Å². The zero-order valence-corrected chi connectivity index (χ0v) is 6.78. The first-order valence-electron chi connectivity index (χ1n) is 3.54. The fraction of sp³-hybridized carbons (Fsp3) is 0.667. The van der Waals surface area contributed by atoms with Crippen molar-refractivity contribution >= 4 is 5.82 Å². The largest absolute Gasteiger partial charge is 0.367 e. The van der Waals surface area contributed by atoms with E-state index in [-0.39, 0.29) is 6.04 Å². The van der Waals surface area contributed by atoms with Gasteiger partial charge in [0.2, 0.25) is 0 Å². The smallest absolute Gasteiger partial charge is 0.144 e. The highest BCUT2D eigenvalue weighted by Gasteiger charge is 1.98. The number of aromatic nitrogens is 3. The number of nitrogens with zero attached hydrogens (tertiary/aromatic N) is 3. The molecule has 62 valence electrons. The van der Waals surface area contributed by atoms with Gasteiger partial charge in [0.25, 0.3) is 0 Å². The normalized spacial score (nSPS) is 13.0. The van der Waals surface area contributed by atoms with Crippen LogP contribution >= 0.6 is 0 Å². The van der Waals surface area contributed by atoms with E-state index >= 15 is 0 Å². The number of aryl methyl sites for hydroxylation is 1. The van der Waals surface area contributed by atoms with E-state index in [1.54, 1.807) is 10.9 Å². The lowest BCUT2D eigenvalue weighted by atomic mass is 10.4. The van der Waals surface area contributed by atoms with E-state index in [2.05, 4.69) is 15.6 Å². The zero-order chi connectivity index (χ0) is 8.27. The fourth-order valence-electron chi connectivity index (χ4n) is 0.715. The minimum Gasteiger partial charge on any atom is -0.367 e. The Morgan fingerprint density at radius 2 is 2.55 bits per heavy atom. The minimum absolute atomic E-state index is 0.143. The standard InChI is InChI=1S/C6H13N5/c1-5(7)3-8-6-4-9-10-11(6)2/h4-5,8H,3,7H2,1-2H3. The summed E-state index contributed by atoms with van der Waals surface area (Å²) in [4.78, 5) is 0. The molecule has 1 aromatic heterocycles. The third kappa shape index (κ3) is 2.19. The van der Waals surface area contributed by atoms with Crippen LogP contribution in [-0.4, -0.2) is 27.6 Å². The van der Waals surface area contributed by atoms with Crippen LogP contribution in [0.4, 0.5) is 5.82 Å². The molecule has 5 heteroatoms. The summed E-state index contributed by atoms with van der Waals surface area (Å²) in [6, 6.07) is 0.143. The number of nitrogens with one attached hydrogen (secondary N) is 1. The Bertz CT molecular complexity index is 217. The Morgan fingerprint density at radius 1 is 1.82 bits per heavy atom. The van der Waals surface area contributed by atoms with Gasteiger partial charge < -0.3 is 11.1 Å². The average Bonchev–Trinajstić information content (AvgIpc) is 2.31. The maximum absolute atomic E-state index is 5.55. The quantitative estimate of drug-likeness (QED) is 0.621. The van der Waals surface area contributed by atoms with Gasteiger partial charge in [0.05, 0.1) is 6.20 Å². The van der Waals surface area contributed by atoms with Crippen LogP contribution in [0.2, 0.25) is 0 Å². The molecular formula is C6H13N5. The molecule has 5 nitrogen and oxygen atoms in total. The summed E-state index contributed by atoms with van der Waals surface area (Å²) in [7, 11) is 1.83. The molecule has 0 radical (unpaired) electrons. The molecule has 3 N–H and O–H groups in total. The predicted octanol–water partition coefficient (Wildman–Crippen LogP) is -0.426. The van der Waals surface area contributed by atoms with Crippen LogP contribution < -0.4 is 11.1 Å². The molecule has 0 bridgehead atoms. The Kier molecular flexibility index (Phi) is 2.43. The molecule has 0 aliphatic rings. The van der Waals surface area contributed by atoms with Gasteiger partial charge in [-0.15, -0.1) is 5.10 Å². The van der Waals surface area contributed by atoms with Crippen LogP contribution in [-0.2, 0) is 7.05 Å². The van der Waals surface area contributed by atoms with Crippen molar-refractivity contribution < 1.29 is 0 Å². The molecule has 0 aliphatic heterocycles. The molecule has 1 heterocycles. The molecule has 0 aromatic carbocycles. The second-order valence-corrected chi connectivity index (χ2v) is 2.60. The number of rotatable bonds is 3. The van der Waals surface area contributed by atoms with E-state index in [1.807, 2.05) is 14.0 Å². The van der Waals surface area contributed by atoms with Crippen molar-refractivity contribution in [3.05, 3.63) is 6.20 Å². The van der Waals surface area contributed by atoms with Crippen molar-refractivity contribution in [2.24, 2.45) is 12.8 Å². The van der Waals surface area contributed by atoms with Crippen molar-refractivity contribution in [2.45, 2.75) is 13.0 Å². The van der Waals surface area contributed by atoms with Crippen molar-refractivity contribution in [1.82, 2.24) is 15.0 Å². The molecule has 0 saturated heterocycles. The van der Waals surface area contributed by atoms with Crippen LogP contribution in [0.15, 0.2) is 6.20 Å². The van der Waals surface area contributed by atoms with Crippen LogP contribution in [0.25, 0.3) is 0 Å². The summed E-state index contributed by atoms with van der Waals surface area (Å²) in [6.07, 6.45) is 1.67. The van der Waals surface area contributed by atoms with Crippen molar-refractivity contribution in [3.8, 4) is 0 Å². The lowest BCUT2D eigenvalue weighted by Crippen LogP contribution is -2.25. The van der Waals surface area contributed by atoms with Gasteiger partial charge in [-0.05, 0) is 6.92 Å². The third-order valence-electron chi connectivity index (χ3n) is 1.32. The van der Waals surface area contributed by atoms with Gasteiger partial charge in [-0.25, -0.2) is 4.68 Å². The van der Waals surface area contributed by atoms with Crippen LogP contribution in [0, 0.1) is 0 Å². The molecule has 0 spiro atoms. The van der Waals surface area contributed by atoms with E-state index in [1.165, 1.54) is 0 Å². The molecule has 0 saturated carbocycles. The first-order valence-corrected chi connectivity index (χ1v) is 3.54. The van der Waals surface area contributed by atoms with Gasteiger partial charge in [0, 0.05) is 19.6 Å². The van der Waals surface area contributed by atoms with Gasteiger partial charge in [-0.1, -0.05) is 5.21 Å². The van der Waals surface area contributed by atoms with Gasteiger partial charge in [0.1, 0.15) is 5.82 Å². The molecule has 11 heavy (non-hydrogen) atoms. The first-order chi connectivity index (χ1) is 5.20. The number of nitrogens with two attached hydrogens (primary N) is 1. The summed E-state index contributed by atoms with van der Waals surface area (Å²) in [5, 5.41) is 10.6. The summed E-state index contributed by atoms with van der Waals surface area (Å²) in [5.74, 6) is 0.891. The monoisotopic (exact) mass is 155 g/mol. The van der Waals surface area contributed by atoms with E-state index < -0.39 is 0 Å². The molecule has 1 atom stereocenters. The van der Waals surface area contributed by atoms with Gasteiger partial charge in [-0.3, -0.25) is 0 Å². The minimum atomic E-state index is 0.143. The van der Waals surface area contributed by atoms with E-state index in [4.69, 9.17) is 5.73 Å². The Balaban J connectivity index is 2.44. The molecule has 1 rings (SSSR count). The zero-order valence-electron chi connectivity index (χ0n) is 6.78. The second kappa shape index (κ2) is 3.34. The highest BCUT2D eigenvalue weighted by atomic mass is 15.4. The molecular weight excluding hydrogens is 142 g/mol.